The van der Waals surface area contributed by atoms with Crippen molar-refractivity contribution in [3.8, 4) is 5.75 Å². The molecule has 1 fully saturated rings. The van der Waals surface area contributed by atoms with E-state index in [1.807, 2.05) is 7.05 Å². The van der Waals surface area contributed by atoms with E-state index in [0.717, 1.165) is 61.3 Å². The van der Waals surface area contributed by atoms with Gasteiger partial charge in [-0.05, 0) is 50.5 Å². The molecule has 2 aliphatic rings. The summed E-state index contributed by atoms with van der Waals surface area (Å²) in [6.07, 6.45) is 5.24. The van der Waals surface area contributed by atoms with E-state index in [2.05, 4.69) is 49.7 Å². The first-order valence-electron chi connectivity index (χ1n) is 13.2. The van der Waals surface area contributed by atoms with Crippen LogP contribution in [0.2, 0.25) is 0 Å². The molecule has 1 aliphatic carbocycles. The maximum absolute atomic E-state index is 12.4. The Morgan fingerprint density at radius 2 is 2.09 bits per heavy atom. The third-order valence-electron chi connectivity index (χ3n) is 7.23. The monoisotopic (exact) mass is 490 g/mol. The number of fused-ring (bicyclic) bond motifs is 1. The molecule has 4 atom stereocenters. The normalized spacial score (nSPS) is 21.3. The maximum atomic E-state index is 12.4. The molecular weight excluding hydrogens is 444 g/mol. The predicted molar refractivity (Wildman–Crippen MR) is 139 cm³/mol. The van der Waals surface area contributed by atoms with Crippen LogP contribution in [0.3, 0.4) is 0 Å². The molecular formula is C27H46N4O4. The second-order valence-corrected chi connectivity index (χ2v) is 11.5. The zero-order valence-corrected chi connectivity index (χ0v) is 22.7. The zero-order chi connectivity index (χ0) is 25.8. The van der Waals surface area contributed by atoms with E-state index in [0.29, 0.717) is 13.0 Å². The van der Waals surface area contributed by atoms with Gasteiger partial charge in [0.05, 0.1) is 12.1 Å². The lowest BCUT2D eigenvalue weighted by atomic mass is 9.72. The molecule has 35 heavy (non-hydrogen) atoms. The minimum absolute atomic E-state index is 0.0402. The van der Waals surface area contributed by atoms with Crippen LogP contribution in [0.15, 0.2) is 6.07 Å². The number of anilines is 1. The van der Waals surface area contributed by atoms with Crippen LogP contribution in [-0.2, 0) is 16.0 Å². The molecule has 0 aromatic carbocycles. The Balaban J connectivity index is 1.82. The summed E-state index contributed by atoms with van der Waals surface area (Å²) in [5.41, 5.74) is 2.07. The molecule has 2 heterocycles. The van der Waals surface area contributed by atoms with Crippen LogP contribution in [0.4, 0.5) is 5.82 Å². The smallest absolute Gasteiger partial charge is 0.249 e. The van der Waals surface area contributed by atoms with Gasteiger partial charge in [-0.2, -0.15) is 0 Å². The number of aromatic nitrogens is 1. The Morgan fingerprint density at radius 1 is 1.37 bits per heavy atom. The lowest BCUT2D eigenvalue weighted by molar-refractivity contribution is -0.131. The molecule has 8 heteroatoms. The lowest BCUT2D eigenvalue weighted by Crippen LogP contribution is -2.52. The van der Waals surface area contributed by atoms with Gasteiger partial charge in [0.25, 0.3) is 0 Å². The first-order chi connectivity index (χ1) is 16.5. The molecule has 3 rings (SSSR count). The number of methoxy groups -OCH3 is 1. The van der Waals surface area contributed by atoms with Crippen LogP contribution in [0.5, 0.6) is 5.75 Å². The molecule has 1 aromatic heterocycles. The highest BCUT2D eigenvalue weighted by molar-refractivity contribution is 5.80. The number of hydrogen-bond donors (Lipinski definition) is 4. The van der Waals surface area contributed by atoms with Gasteiger partial charge in [-0.25, -0.2) is 4.98 Å². The van der Waals surface area contributed by atoms with Gasteiger partial charge >= 0.3 is 0 Å². The fourth-order valence-corrected chi connectivity index (χ4v) is 5.06. The molecule has 1 saturated carbocycles. The SMILES string of the molecule is CCC[C@H](NC(=O)[C@@H](C)OC)[C@H](O)CN[C@H]1CC2(CCC2)Oc2c1cc(CC(C)(C)C)nc2NC. The Bertz CT molecular complexity index is 865. The van der Waals surface area contributed by atoms with Gasteiger partial charge in [0.2, 0.25) is 5.91 Å². The number of carbonyl (C=O) groups excluding carboxylic acids is 1. The van der Waals surface area contributed by atoms with E-state index < -0.39 is 12.2 Å². The molecule has 0 unspecified atom stereocenters. The molecule has 0 saturated heterocycles. The topological polar surface area (TPSA) is 105 Å². The number of hydrogen-bond acceptors (Lipinski definition) is 7. The van der Waals surface area contributed by atoms with Gasteiger partial charge in [0, 0.05) is 44.4 Å². The Kier molecular flexibility index (Phi) is 9.05. The molecule has 1 aromatic rings. The van der Waals surface area contributed by atoms with Gasteiger partial charge in [0.1, 0.15) is 11.7 Å². The van der Waals surface area contributed by atoms with Gasteiger partial charge in [0.15, 0.2) is 11.6 Å². The van der Waals surface area contributed by atoms with Crippen LogP contribution in [0.25, 0.3) is 0 Å². The van der Waals surface area contributed by atoms with Crippen molar-refractivity contribution in [2.24, 2.45) is 5.41 Å². The van der Waals surface area contributed by atoms with Crippen LogP contribution < -0.4 is 20.7 Å². The number of nitrogens with zero attached hydrogens (tertiary/aromatic N) is 1. The first-order valence-corrected chi connectivity index (χ1v) is 13.2. The minimum atomic E-state index is -0.716. The van der Waals surface area contributed by atoms with Gasteiger partial charge in [-0.1, -0.05) is 34.1 Å². The van der Waals surface area contributed by atoms with Gasteiger partial charge in [-0.15, -0.1) is 0 Å². The van der Waals surface area contributed by atoms with Crippen molar-refractivity contribution in [2.45, 2.75) is 109 Å². The summed E-state index contributed by atoms with van der Waals surface area (Å²) in [6.45, 7) is 10.8. The first kappa shape index (κ1) is 27.7. The number of nitrogens with one attached hydrogen (secondary N) is 3. The second kappa shape index (κ2) is 11.4. The molecule has 0 bridgehead atoms. The minimum Gasteiger partial charge on any atom is -0.483 e. The summed E-state index contributed by atoms with van der Waals surface area (Å²) < 4.78 is 11.7. The Hall–Kier alpha value is -1.90. The zero-order valence-electron chi connectivity index (χ0n) is 22.7. The molecule has 0 radical (unpaired) electrons. The number of rotatable bonds is 11. The van der Waals surface area contributed by atoms with Crippen molar-refractivity contribution in [1.29, 1.82) is 0 Å². The van der Waals surface area contributed by atoms with Crippen LogP contribution in [-0.4, -0.2) is 60.6 Å². The Labute approximate surface area is 211 Å². The lowest BCUT2D eigenvalue weighted by Gasteiger charge is -2.48. The third-order valence-corrected chi connectivity index (χ3v) is 7.23. The number of amides is 1. The second-order valence-electron chi connectivity index (χ2n) is 11.5. The summed E-state index contributed by atoms with van der Waals surface area (Å²) in [5.74, 6) is 1.41. The van der Waals surface area contributed by atoms with Crippen molar-refractivity contribution in [1.82, 2.24) is 15.6 Å². The quantitative estimate of drug-likeness (QED) is 0.375. The molecule has 4 N–H and O–H groups in total. The standard InChI is InChI=1S/C27H46N4O4/c1-8-10-20(31-25(33)17(2)34-7)22(32)16-29-21-15-27(11-9-12-27)35-23-19(21)13-18(14-26(3,4)5)30-24(23)28-6/h13,17,20-22,29,32H,8-12,14-16H2,1-7H3,(H,28,30)(H,31,33)/t17-,20+,21+,22-/m1/s1. The van der Waals surface area contributed by atoms with E-state index in [9.17, 15) is 9.90 Å². The highest BCUT2D eigenvalue weighted by Crippen LogP contribution is 2.51. The highest BCUT2D eigenvalue weighted by atomic mass is 16.5. The maximum Gasteiger partial charge on any atom is 0.249 e. The van der Waals surface area contributed by atoms with Crippen molar-refractivity contribution in [2.75, 3.05) is 26.0 Å². The number of aliphatic hydroxyl groups is 1. The van der Waals surface area contributed by atoms with Gasteiger partial charge < -0.3 is 30.5 Å². The van der Waals surface area contributed by atoms with Crippen molar-refractivity contribution >= 4 is 11.7 Å². The molecule has 8 nitrogen and oxygen atoms in total. The summed E-state index contributed by atoms with van der Waals surface area (Å²) >= 11 is 0. The number of ether oxygens (including phenoxy) is 2. The van der Waals surface area contributed by atoms with Crippen molar-refractivity contribution in [3.63, 3.8) is 0 Å². The van der Waals surface area contributed by atoms with E-state index in [1.165, 1.54) is 7.11 Å². The average molecular weight is 491 g/mol. The van der Waals surface area contributed by atoms with Crippen molar-refractivity contribution in [3.05, 3.63) is 17.3 Å². The van der Waals surface area contributed by atoms with Crippen molar-refractivity contribution < 1.29 is 19.4 Å². The van der Waals surface area contributed by atoms with E-state index in [-0.39, 0.29) is 29.0 Å². The summed E-state index contributed by atoms with van der Waals surface area (Å²) in [7, 11) is 3.40. The van der Waals surface area contributed by atoms with Crippen LogP contribution >= 0.6 is 0 Å². The number of pyridine rings is 1. The fourth-order valence-electron chi connectivity index (χ4n) is 5.06. The largest absolute Gasteiger partial charge is 0.483 e. The van der Waals surface area contributed by atoms with Gasteiger partial charge in [-0.3, -0.25) is 4.79 Å². The average Bonchev–Trinajstić information content (AvgIpc) is 2.78. The predicted octanol–water partition coefficient (Wildman–Crippen LogP) is 3.73. The highest BCUT2D eigenvalue weighted by Gasteiger charge is 2.46. The van der Waals surface area contributed by atoms with E-state index in [4.69, 9.17) is 14.5 Å². The van der Waals surface area contributed by atoms with Crippen LogP contribution in [0.1, 0.15) is 90.4 Å². The van der Waals surface area contributed by atoms with Crippen LogP contribution in [0, 0.1) is 5.41 Å². The number of carbonyl (C=O) groups is 1. The summed E-state index contributed by atoms with van der Waals surface area (Å²) in [5, 5.41) is 20.9. The molecule has 1 amide bonds. The summed E-state index contributed by atoms with van der Waals surface area (Å²) in [6, 6.07) is 1.87. The van der Waals surface area contributed by atoms with E-state index >= 15 is 0 Å². The third kappa shape index (κ3) is 6.86. The Morgan fingerprint density at radius 3 is 2.63 bits per heavy atom. The molecule has 198 valence electrons. The van der Waals surface area contributed by atoms with E-state index in [1.54, 1.807) is 6.92 Å². The molecule has 1 spiro atoms. The summed E-state index contributed by atoms with van der Waals surface area (Å²) in [4.78, 5) is 17.3. The molecule has 1 aliphatic heterocycles. The number of aliphatic hydroxyl groups excluding tert-OH is 1. The fraction of sp³-hybridized carbons (Fsp3) is 0.778.